The van der Waals surface area contributed by atoms with Crippen molar-refractivity contribution in [3.8, 4) is 67.3 Å². The molecule has 12 rings (SSSR count). The Bertz CT molecular complexity index is 3470. The Morgan fingerprint density at radius 1 is 0.645 bits per heavy atom. The lowest BCUT2D eigenvalue weighted by Gasteiger charge is -2.41. The van der Waals surface area contributed by atoms with Crippen molar-refractivity contribution < 1.29 is 11.6 Å². The van der Waals surface area contributed by atoms with Gasteiger partial charge >= 0.3 is 0 Å². The molecule has 2 aliphatic carbocycles. The fourth-order valence-electron chi connectivity index (χ4n) is 10.3. The Balaban J connectivity index is 1.08. The maximum atomic E-state index is 8.97. The summed E-state index contributed by atoms with van der Waals surface area (Å²) in [5.41, 5.74) is 12.2. The monoisotopic (exact) mass is 810 g/mol. The van der Waals surface area contributed by atoms with E-state index in [0.29, 0.717) is 28.6 Å². The maximum Gasteiger partial charge on any atom is 0.233 e. The lowest BCUT2D eigenvalue weighted by molar-refractivity contribution is 0.306. The molecular weight excluding hydrogens is 759 g/mol. The van der Waals surface area contributed by atoms with Crippen LogP contribution in [0.3, 0.4) is 0 Å². The summed E-state index contributed by atoms with van der Waals surface area (Å²) in [7, 11) is 0. The molecule has 4 heterocycles. The zero-order valence-electron chi connectivity index (χ0n) is 40.2. The topological polar surface area (TPSA) is 56.1 Å². The quantitative estimate of drug-likeness (QED) is 0.178. The number of fused-ring (bicyclic) bond motifs is 15. The number of aromatic nitrogens is 4. The van der Waals surface area contributed by atoms with E-state index in [1.807, 2.05) is 48.7 Å². The summed E-state index contributed by atoms with van der Waals surface area (Å²) in [6.07, 6.45) is 8.92. The summed E-state index contributed by atoms with van der Waals surface area (Å²) in [5, 5.41) is 0. The van der Waals surface area contributed by atoms with Crippen LogP contribution < -0.4 is 9.64 Å². The van der Waals surface area contributed by atoms with Gasteiger partial charge in [0.2, 0.25) is 11.9 Å². The van der Waals surface area contributed by atoms with Crippen LogP contribution in [0, 0.1) is 6.85 Å². The number of ether oxygens (including phenoxy) is 1. The second kappa shape index (κ2) is 13.2. The SMILES string of the molecule is [2H]C([2H])([2H])c1cc2c(cc1-c1ccc3c(c1)-c1ccccc1-c1ccccc1-c1cnc(N4c5nc6ccccc6n5C5C=CC=CC54)nc1-3)C(C)(C)C(C)(C)c1ccc(C([2H])([2H])C)cc1O2. The van der Waals surface area contributed by atoms with Crippen LogP contribution in [0.25, 0.3) is 66.8 Å². The van der Waals surface area contributed by atoms with Crippen LogP contribution in [0.15, 0.2) is 152 Å². The van der Waals surface area contributed by atoms with Crippen molar-refractivity contribution in [3.05, 3.63) is 174 Å². The van der Waals surface area contributed by atoms with Gasteiger partial charge in [0.25, 0.3) is 0 Å². The summed E-state index contributed by atoms with van der Waals surface area (Å²) in [6, 6.07) is 40.4. The molecule has 6 nitrogen and oxygen atoms in total. The molecule has 2 unspecified atom stereocenters. The minimum Gasteiger partial charge on any atom is -0.457 e. The van der Waals surface area contributed by atoms with E-state index in [-0.39, 0.29) is 17.6 Å². The number of aryl methyl sites for hydroxylation is 2. The molecule has 62 heavy (non-hydrogen) atoms. The average Bonchev–Trinajstić information content (AvgIpc) is 3.83. The lowest BCUT2D eigenvalue weighted by Crippen LogP contribution is -2.39. The first-order valence-electron chi connectivity index (χ1n) is 23.8. The number of imidazole rings is 1. The molecule has 2 aromatic heterocycles. The first-order valence-corrected chi connectivity index (χ1v) is 21.3. The van der Waals surface area contributed by atoms with Crippen molar-refractivity contribution in [2.24, 2.45) is 0 Å². The Hall–Kier alpha value is -7.05. The minimum absolute atomic E-state index is 0.00340. The molecule has 0 spiro atoms. The van der Waals surface area contributed by atoms with Crippen molar-refractivity contribution in [2.45, 2.75) is 70.8 Å². The first-order chi connectivity index (χ1) is 32.0. The van der Waals surface area contributed by atoms with Gasteiger partial charge in [0, 0.05) is 46.1 Å². The molecule has 8 aromatic rings. The van der Waals surface area contributed by atoms with Gasteiger partial charge in [-0.05, 0) is 99.7 Å². The molecule has 0 bridgehead atoms. The highest BCUT2D eigenvalue weighted by Crippen LogP contribution is 2.55. The predicted octanol–water partition coefficient (Wildman–Crippen LogP) is 13.9. The highest BCUT2D eigenvalue weighted by molar-refractivity contribution is 6.03. The molecule has 0 fully saturated rings. The van der Waals surface area contributed by atoms with Gasteiger partial charge in [0.05, 0.1) is 28.8 Å². The molecule has 2 aliphatic heterocycles. The van der Waals surface area contributed by atoms with Crippen molar-refractivity contribution in [1.29, 1.82) is 0 Å². The van der Waals surface area contributed by atoms with E-state index in [4.69, 9.17) is 26.5 Å². The van der Waals surface area contributed by atoms with Crippen LogP contribution in [0.5, 0.6) is 11.5 Å². The smallest absolute Gasteiger partial charge is 0.233 e. The predicted molar refractivity (Wildman–Crippen MR) is 252 cm³/mol. The highest BCUT2D eigenvalue weighted by Gasteiger charge is 2.46. The molecule has 0 amide bonds. The van der Waals surface area contributed by atoms with Gasteiger partial charge in [0.1, 0.15) is 11.5 Å². The fraction of sp³-hybridized carbons (Fsp3) is 0.196. The first kappa shape index (κ1) is 31.8. The molecular formula is C56H47N5O. The van der Waals surface area contributed by atoms with E-state index < -0.39 is 24.1 Å². The Morgan fingerprint density at radius 3 is 2.08 bits per heavy atom. The number of para-hydroxylation sites is 2. The summed E-state index contributed by atoms with van der Waals surface area (Å²) in [5.74, 6) is 2.30. The molecule has 2 atom stereocenters. The number of rotatable bonds is 3. The number of hydrogen-bond acceptors (Lipinski definition) is 5. The third-order valence-electron chi connectivity index (χ3n) is 14.3. The molecule has 0 saturated heterocycles. The van der Waals surface area contributed by atoms with Crippen molar-refractivity contribution >= 4 is 22.9 Å². The average molecular weight is 811 g/mol. The second-order valence-corrected chi connectivity index (χ2v) is 17.9. The molecule has 6 heteroatoms. The van der Waals surface area contributed by atoms with Crippen LogP contribution in [-0.4, -0.2) is 25.6 Å². The van der Waals surface area contributed by atoms with Crippen LogP contribution in [0.2, 0.25) is 0 Å². The zero-order valence-corrected chi connectivity index (χ0v) is 35.2. The third kappa shape index (κ3) is 5.13. The fourth-order valence-corrected chi connectivity index (χ4v) is 10.3. The molecule has 0 saturated carbocycles. The zero-order chi connectivity index (χ0) is 46.4. The number of anilines is 2. The largest absolute Gasteiger partial charge is 0.457 e. The molecule has 4 aliphatic rings. The van der Waals surface area contributed by atoms with E-state index in [1.165, 1.54) is 6.92 Å². The van der Waals surface area contributed by atoms with Gasteiger partial charge in [-0.1, -0.05) is 144 Å². The van der Waals surface area contributed by atoms with Crippen LogP contribution in [-0.2, 0) is 17.2 Å². The van der Waals surface area contributed by atoms with E-state index in [9.17, 15) is 0 Å². The normalized spacial score (nSPS) is 19.8. The van der Waals surface area contributed by atoms with Gasteiger partial charge < -0.3 is 9.30 Å². The highest BCUT2D eigenvalue weighted by atomic mass is 16.5. The molecule has 6 aromatic carbocycles. The van der Waals surface area contributed by atoms with Crippen molar-refractivity contribution in [3.63, 3.8) is 0 Å². The Kier molecular flexibility index (Phi) is 6.78. The summed E-state index contributed by atoms with van der Waals surface area (Å²) >= 11 is 0. The Morgan fingerprint density at radius 2 is 1.32 bits per heavy atom. The number of benzene rings is 6. The number of nitrogens with zero attached hydrogens (tertiary/aromatic N) is 5. The lowest BCUT2D eigenvalue weighted by atomic mass is 9.60. The van der Waals surface area contributed by atoms with Crippen LogP contribution >= 0.6 is 0 Å². The van der Waals surface area contributed by atoms with Gasteiger partial charge in [-0.3, -0.25) is 4.90 Å². The van der Waals surface area contributed by atoms with Crippen LogP contribution in [0.4, 0.5) is 11.9 Å². The van der Waals surface area contributed by atoms with Crippen LogP contribution in [0.1, 0.15) is 69.8 Å². The van der Waals surface area contributed by atoms with E-state index >= 15 is 0 Å². The van der Waals surface area contributed by atoms with E-state index in [2.05, 4.69) is 128 Å². The standard InChI is InChI=1S/C56H47N5O/c1-7-34-24-27-44-51(29-34)62-50-28-33(2)41(31-45(50)56(5,6)55(44,3)4)35-25-26-40-42(30-35)38-18-10-8-16-36(38)37-17-9-11-19-39(37)43-32-57-53(59-52(40)43)61-49-23-15-14-22-48(49)60-47-21-13-12-20-46(47)58-54(60)61/h8-32,48-49H,7H2,1-6H3/i2D3,7D2. The molecule has 302 valence electrons. The van der Waals surface area contributed by atoms with E-state index in [0.717, 1.165) is 78.3 Å². The summed E-state index contributed by atoms with van der Waals surface area (Å²) < 4.78 is 52.9. The molecule has 0 N–H and O–H groups in total. The van der Waals surface area contributed by atoms with E-state index in [1.54, 1.807) is 12.1 Å². The maximum absolute atomic E-state index is 8.97. The van der Waals surface area contributed by atoms with Crippen molar-refractivity contribution in [2.75, 3.05) is 4.90 Å². The number of allylic oxidation sites excluding steroid dienone is 2. The summed E-state index contributed by atoms with van der Waals surface area (Å²) in [6.45, 7) is 7.73. The van der Waals surface area contributed by atoms with Gasteiger partial charge in [-0.2, -0.15) is 0 Å². The van der Waals surface area contributed by atoms with Crippen molar-refractivity contribution in [1.82, 2.24) is 19.5 Å². The Labute approximate surface area is 370 Å². The van der Waals surface area contributed by atoms with Gasteiger partial charge in [-0.25, -0.2) is 15.0 Å². The molecule has 0 radical (unpaired) electrons. The second-order valence-electron chi connectivity index (χ2n) is 17.9. The third-order valence-corrected chi connectivity index (χ3v) is 14.3. The summed E-state index contributed by atoms with van der Waals surface area (Å²) in [4.78, 5) is 18.0. The van der Waals surface area contributed by atoms with Gasteiger partial charge in [0.15, 0.2) is 0 Å². The minimum atomic E-state index is -2.51. The number of hydrogen-bond donors (Lipinski definition) is 0. The van der Waals surface area contributed by atoms with Gasteiger partial charge in [-0.15, -0.1) is 0 Å².